The molecule has 0 bridgehead atoms. The zero-order valence-corrected chi connectivity index (χ0v) is 13.8. The predicted molar refractivity (Wildman–Crippen MR) is 89.8 cm³/mol. The van der Waals surface area contributed by atoms with Crippen LogP contribution in [0.15, 0.2) is 24.3 Å². The van der Waals surface area contributed by atoms with Gasteiger partial charge in [0.25, 0.3) is 0 Å². The van der Waals surface area contributed by atoms with Crippen molar-refractivity contribution >= 4 is 5.91 Å². The first-order valence-electron chi connectivity index (χ1n) is 8.75. The minimum absolute atomic E-state index is 0.192. The highest BCUT2D eigenvalue weighted by atomic mass is 16.1. The summed E-state index contributed by atoms with van der Waals surface area (Å²) in [6.07, 6.45) is 6.67. The zero-order chi connectivity index (χ0) is 15.5. The Balaban J connectivity index is 1.52. The SMILES string of the molecule is CC(C)NC(=O)[C@H]1CCC[C@H](NC2Cc3ccccc3C2)C1. The normalized spacial score (nSPS) is 25.2. The van der Waals surface area contributed by atoms with E-state index in [1.165, 1.54) is 17.5 Å². The molecule has 0 spiro atoms. The van der Waals surface area contributed by atoms with Crippen LogP contribution >= 0.6 is 0 Å². The first-order chi connectivity index (χ1) is 10.6. The third-order valence-corrected chi connectivity index (χ3v) is 5.00. The number of hydrogen-bond donors (Lipinski definition) is 2. The van der Waals surface area contributed by atoms with Crippen molar-refractivity contribution in [1.29, 1.82) is 0 Å². The summed E-state index contributed by atoms with van der Waals surface area (Å²) in [7, 11) is 0. The summed E-state index contributed by atoms with van der Waals surface area (Å²) >= 11 is 0. The Kier molecular flexibility index (Phi) is 4.82. The lowest BCUT2D eigenvalue weighted by atomic mass is 9.84. The topological polar surface area (TPSA) is 41.1 Å². The number of fused-ring (bicyclic) bond motifs is 1. The molecule has 0 unspecified atom stereocenters. The Bertz CT molecular complexity index is 501. The number of benzene rings is 1. The average molecular weight is 300 g/mol. The molecular weight excluding hydrogens is 272 g/mol. The van der Waals surface area contributed by atoms with E-state index >= 15 is 0 Å². The van der Waals surface area contributed by atoms with Crippen LogP contribution in [0.3, 0.4) is 0 Å². The summed E-state index contributed by atoms with van der Waals surface area (Å²) in [5.41, 5.74) is 2.98. The number of nitrogens with one attached hydrogen (secondary N) is 2. The molecule has 2 N–H and O–H groups in total. The second-order valence-corrected chi connectivity index (χ2v) is 7.26. The van der Waals surface area contributed by atoms with E-state index in [2.05, 4.69) is 34.9 Å². The molecule has 1 fully saturated rings. The van der Waals surface area contributed by atoms with E-state index in [0.29, 0.717) is 12.1 Å². The molecule has 0 saturated heterocycles. The van der Waals surface area contributed by atoms with Crippen LogP contribution in [-0.4, -0.2) is 24.0 Å². The lowest BCUT2D eigenvalue weighted by molar-refractivity contribution is -0.126. The van der Waals surface area contributed by atoms with Crippen LogP contribution in [0, 0.1) is 5.92 Å². The van der Waals surface area contributed by atoms with Crippen molar-refractivity contribution in [3.05, 3.63) is 35.4 Å². The monoisotopic (exact) mass is 300 g/mol. The highest BCUT2D eigenvalue weighted by Crippen LogP contribution is 2.27. The van der Waals surface area contributed by atoms with Gasteiger partial charge in [-0.2, -0.15) is 0 Å². The van der Waals surface area contributed by atoms with Crippen LogP contribution in [0.4, 0.5) is 0 Å². The van der Waals surface area contributed by atoms with Gasteiger partial charge >= 0.3 is 0 Å². The number of hydrogen-bond acceptors (Lipinski definition) is 2. The molecule has 2 aliphatic rings. The van der Waals surface area contributed by atoms with Crippen LogP contribution < -0.4 is 10.6 Å². The Labute approximate surface area is 133 Å². The summed E-state index contributed by atoms with van der Waals surface area (Å²) in [4.78, 5) is 12.2. The predicted octanol–water partition coefficient (Wildman–Crippen LogP) is 2.83. The van der Waals surface area contributed by atoms with E-state index in [4.69, 9.17) is 0 Å². The molecule has 3 heteroatoms. The lowest BCUT2D eigenvalue weighted by Gasteiger charge is -2.31. The number of amides is 1. The van der Waals surface area contributed by atoms with Gasteiger partial charge in [0.1, 0.15) is 0 Å². The Morgan fingerprint density at radius 2 is 1.77 bits per heavy atom. The van der Waals surface area contributed by atoms with Gasteiger partial charge in [0.15, 0.2) is 0 Å². The molecule has 1 saturated carbocycles. The minimum atomic E-state index is 0.192. The summed E-state index contributed by atoms with van der Waals surface area (Å²) in [6, 6.07) is 10.0. The van der Waals surface area contributed by atoms with Crippen molar-refractivity contribution in [1.82, 2.24) is 10.6 Å². The van der Waals surface area contributed by atoms with E-state index < -0.39 is 0 Å². The van der Waals surface area contributed by atoms with Gasteiger partial charge in [0.2, 0.25) is 5.91 Å². The third kappa shape index (κ3) is 3.70. The zero-order valence-electron chi connectivity index (χ0n) is 13.8. The maximum absolute atomic E-state index is 12.2. The van der Waals surface area contributed by atoms with Crippen molar-refractivity contribution in [2.24, 2.45) is 5.92 Å². The maximum atomic E-state index is 12.2. The molecule has 0 radical (unpaired) electrons. The number of carbonyl (C=O) groups is 1. The van der Waals surface area contributed by atoms with Crippen LogP contribution in [0.25, 0.3) is 0 Å². The van der Waals surface area contributed by atoms with Crippen LogP contribution in [0.2, 0.25) is 0 Å². The molecule has 22 heavy (non-hydrogen) atoms. The van der Waals surface area contributed by atoms with E-state index in [-0.39, 0.29) is 17.9 Å². The second kappa shape index (κ2) is 6.82. The highest BCUT2D eigenvalue weighted by Gasteiger charge is 2.30. The smallest absolute Gasteiger partial charge is 0.223 e. The van der Waals surface area contributed by atoms with Gasteiger partial charge in [-0.25, -0.2) is 0 Å². The van der Waals surface area contributed by atoms with Gasteiger partial charge in [-0.05, 0) is 57.1 Å². The fourth-order valence-electron chi connectivity index (χ4n) is 3.99. The lowest BCUT2D eigenvalue weighted by Crippen LogP contribution is -2.45. The Morgan fingerprint density at radius 3 is 2.41 bits per heavy atom. The summed E-state index contributed by atoms with van der Waals surface area (Å²) < 4.78 is 0. The number of rotatable bonds is 4. The van der Waals surface area contributed by atoms with Gasteiger partial charge in [-0.3, -0.25) is 4.79 Å². The standard InChI is InChI=1S/C19H28N2O/c1-13(2)20-19(22)16-8-5-9-17(12-16)21-18-10-14-6-3-4-7-15(14)11-18/h3-4,6-7,13,16-18,21H,5,8-12H2,1-2H3,(H,20,22)/t16-,17-/m0/s1. The summed E-state index contributed by atoms with van der Waals surface area (Å²) in [5, 5.41) is 6.90. The van der Waals surface area contributed by atoms with E-state index in [1.54, 1.807) is 0 Å². The average Bonchev–Trinajstić information content (AvgIpc) is 2.89. The molecule has 0 heterocycles. The molecular formula is C19H28N2O. The quantitative estimate of drug-likeness (QED) is 0.898. The van der Waals surface area contributed by atoms with Crippen LogP contribution in [0.1, 0.15) is 50.7 Å². The molecule has 1 amide bonds. The molecule has 3 rings (SSSR count). The van der Waals surface area contributed by atoms with Gasteiger partial charge in [-0.1, -0.05) is 30.7 Å². The van der Waals surface area contributed by atoms with Gasteiger partial charge in [0, 0.05) is 24.0 Å². The molecule has 120 valence electrons. The fraction of sp³-hybridized carbons (Fsp3) is 0.632. The first-order valence-corrected chi connectivity index (χ1v) is 8.75. The Hall–Kier alpha value is -1.35. The highest BCUT2D eigenvalue weighted by molar-refractivity contribution is 5.79. The molecule has 0 aromatic heterocycles. The third-order valence-electron chi connectivity index (χ3n) is 5.00. The van der Waals surface area contributed by atoms with E-state index in [0.717, 1.165) is 32.1 Å². The van der Waals surface area contributed by atoms with Crippen LogP contribution in [-0.2, 0) is 17.6 Å². The first kappa shape index (κ1) is 15.5. The molecule has 1 aromatic carbocycles. The molecule has 3 nitrogen and oxygen atoms in total. The van der Waals surface area contributed by atoms with E-state index in [1.807, 2.05) is 13.8 Å². The van der Waals surface area contributed by atoms with Gasteiger partial charge in [-0.15, -0.1) is 0 Å². The van der Waals surface area contributed by atoms with Crippen molar-refractivity contribution < 1.29 is 4.79 Å². The Morgan fingerprint density at radius 1 is 1.09 bits per heavy atom. The van der Waals surface area contributed by atoms with Gasteiger partial charge < -0.3 is 10.6 Å². The largest absolute Gasteiger partial charge is 0.354 e. The molecule has 1 aromatic rings. The van der Waals surface area contributed by atoms with Crippen molar-refractivity contribution in [2.45, 2.75) is 70.5 Å². The van der Waals surface area contributed by atoms with Crippen LogP contribution in [0.5, 0.6) is 0 Å². The van der Waals surface area contributed by atoms with E-state index in [9.17, 15) is 4.79 Å². The second-order valence-electron chi connectivity index (χ2n) is 7.26. The summed E-state index contributed by atoms with van der Waals surface area (Å²) in [5.74, 6) is 0.439. The van der Waals surface area contributed by atoms with Gasteiger partial charge in [0.05, 0.1) is 0 Å². The molecule has 2 aliphatic carbocycles. The van der Waals surface area contributed by atoms with Crippen molar-refractivity contribution in [3.8, 4) is 0 Å². The fourth-order valence-corrected chi connectivity index (χ4v) is 3.99. The summed E-state index contributed by atoms with van der Waals surface area (Å²) in [6.45, 7) is 4.07. The molecule has 0 aliphatic heterocycles. The van der Waals surface area contributed by atoms with Crippen molar-refractivity contribution in [2.75, 3.05) is 0 Å². The number of carbonyl (C=O) groups excluding carboxylic acids is 1. The van der Waals surface area contributed by atoms with Crippen molar-refractivity contribution in [3.63, 3.8) is 0 Å². The maximum Gasteiger partial charge on any atom is 0.223 e. The molecule has 2 atom stereocenters. The minimum Gasteiger partial charge on any atom is -0.354 e.